The molecule has 3 N–H and O–H groups in total. The second kappa shape index (κ2) is 4.42. The first kappa shape index (κ1) is 11.4. The molecule has 0 radical (unpaired) electrons. The van der Waals surface area contributed by atoms with E-state index in [-0.39, 0.29) is 11.5 Å². The molecule has 3 atom stereocenters. The van der Waals surface area contributed by atoms with Crippen molar-refractivity contribution in [1.29, 1.82) is 0 Å². The molecule has 2 aliphatic rings. The minimum absolute atomic E-state index is 0.0989. The van der Waals surface area contributed by atoms with Crippen molar-refractivity contribution in [3.8, 4) is 0 Å². The molecule has 3 unspecified atom stereocenters. The van der Waals surface area contributed by atoms with Crippen LogP contribution in [0, 0.1) is 17.3 Å². The summed E-state index contributed by atoms with van der Waals surface area (Å²) in [7, 11) is 0. The summed E-state index contributed by atoms with van der Waals surface area (Å²) >= 11 is 0. The normalized spacial score (nSPS) is 37.0. The van der Waals surface area contributed by atoms with E-state index in [1.165, 1.54) is 32.1 Å². The van der Waals surface area contributed by atoms with Crippen molar-refractivity contribution in [2.45, 2.75) is 58.0 Å². The van der Waals surface area contributed by atoms with Crippen LogP contribution in [-0.2, 0) is 0 Å². The lowest BCUT2D eigenvalue weighted by Gasteiger charge is -2.48. The highest BCUT2D eigenvalue weighted by Crippen LogP contribution is 2.48. The minimum atomic E-state index is -0.126. The van der Waals surface area contributed by atoms with E-state index in [4.69, 9.17) is 5.73 Å². The third-order valence-corrected chi connectivity index (χ3v) is 4.81. The van der Waals surface area contributed by atoms with Crippen LogP contribution in [0.3, 0.4) is 0 Å². The molecule has 0 amide bonds. The van der Waals surface area contributed by atoms with Crippen LogP contribution >= 0.6 is 0 Å². The zero-order chi connectivity index (χ0) is 10.9. The van der Waals surface area contributed by atoms with Gasteiger partial charge in [0.05, 0.1) is 6.10 Å². The fraction of sp³-hybridized carbons (Fsp3) is 1.00. The molecule has 2 aliphatic carbocycles. The fourth-order valence-electron chi connectivity index (χ4n) is 3.52. The summed E-state index contributed by atoms with van der Waals surface area (Å²) in [5.41, 5.74) is 5.95. The number of hydrogen-bond acceptors (Lipinski definition) is 2. The second-order valence-corrected chi connectivity index (χ2v) is 5.90. The Bertz CT molecular complexity index is 207. The van der Waals surface area contributed by atoms with Crippen LogP contribution in [-0.4, -0.2) is 17.8 Å². The molecule has 15 heavy (non-hydrogen) atoms. The molecule has 0 bridgehead atoms. The third kappa shape index (κ3) is 2.07. The van der Waals surface area contributed by atoms with Gasteiger partial charge < -0.3 is 10.8 Å². The summed E-state index contributed by atoms with van der Waals surface area (Å²) in [5.74, 6) is 1.32. The van der Waals surface area contributed by atoms with Gasteiger partial charge >= 0.3 is 0 Å². The molecular formula is C13H25NO. The fourth-order valence-corrected chi connectivity index (χ4v) is 3.52. The van der Waals surface area contributed by atoms with Crippen LogP contribution in [0.25, 0.3) is 0 Å². The molecular weight excluding hydrogens is 186 g/mol. The molecule has 0 saturated heterocycles. The molecule has 0 spiro atoms. The lowest BCUT2D eigenvalue weighted by molar-refractivity contribution is -0.0746. The van der Waals surface area contributed by atoms with Gasteiger partial charge in [-0.25, -0.2) is 0 Å². The Morgan fingerprint density at radius 1 is 1.33 bits per heavy atom. The van der Waals surface area contributed by atoms with E-state index in [9.17, 15) is 5.11 Å². The molecule has 0 aromatic rings. The molecule has 0 aromatic heterocycles. The number of rotatable bonds is 3. The summed E-state index contributed by atoms with van der Waals surface area (Å²) in [5, 5.41) is 10.5. The molecule has 2 saturated carbocycles. The lowest BCUT2D eigenvalue weighted by Crippen LogP contribution is -2.51. The highest BCUT2D eigenvalue weighted by molar-refractivity contribution is 4.97. The quantitative estimate of drug-likeness (QED) is 0.752. The topological polar surface area (TPSA) is 46.2 Å². The first-order chi connectivity index (χ1) is 7.18. The van der Waals surface area contributed by atoms with Gasteiger partial charge in [-0.1, -0.05) is 26.2 Å². The highest BCUT2D eigenvalue weighted by atomic mass is 16.3. The Labute approximate surface area is 93.2 Å². The molecule has 88 valence electrons. The standard InChI is InChI=1S/C13H25NO/c1-10-4-2-5-11(8-10)12(15)13(9-14)6-3-7-13/h10-12,15H,2-9,14H2,1H3. The zero-order valence-electron chi connectivity index (χ0n) is 9.91. The lowest BCUT2D eigenvalue weighted by atomic mass is 9.60. The van der Waals surface area contributed by atoms with E-state index < -0.39 is 0 Å². The van der Waals surface area contributed by atoms with Gasteiger partial charge in [0.2, 0.25) is 0 Å². The van der Waals surface area contributed by atoms with Gasteiger partial charge in [0.15, 0.2) is 0 Å². The Balaban J connectivity index is 1.96. The maximum atomic E-state index is 10.5. The van der Waals surface area contributed by atoms with Gasteiger partial charge in [0.25, 0.3) is 0 Å². The van der Waals surface area contributed by atoms with Gasteiger partial charge in [0.1, 0.15) is 0 Å². The number of nitrogens with two attached hydrogens (primary N) is 1. The van der Waals surface area contributed by atoms with Crippen LogP contribution in [0.15, 0.2) is 0 Å². The largest absolute Gasteiger partial charge is 0.392 e. The maximum absolute atomic E-state index is 10.5. The summed E-state index contributed by atoms with van der Waals surface area (Å²) in [6.07, 6.45) is 8.50. The molecule has 0 aliphatic heterocycles. The van der Waals surface area contributed by atoms with Crippen LogP contribution in [0.4, 0.5) is 0 Å². The van der Waals surface area contributed by atoms with Crippen molar-refractivity contribution < 1.29 is 5.11 Å². The summed E-state index contributed by atoms with van der Waals surface area (Å²) in [4.78, 5) is 0. The van der Waals surface area contributed by atoms with Crippen molar-refractivity contribution in [3.63, 3.8) is 0 Å². The second-order valence-electron chi connectivity index (χ2n) is 5.90. The monoisotopic (exact) mass is 211 g/mol. The van der Waals surface area contributed by atoms with Gasteiger partial charge in [-0.05, 0) is 37.5 Å². The summed E-state index contributed by atoms with van der Waals surface area (Å²) in [6, 6.07) is 0. The molecule has 2 nitrogen and oxygen atoms in total. The number of hydrogen-bond donors (Lipinski definition) is 2. The maximum Gasteiger partial charge on any atom is 0.0636 e. The Hall–Kier alpha value is -0.0800. The molecule has 0 heterocycles. The van der Waals surface area contributed by atoms with E-state index >= 15 is 0 Å². The van der Waals surface area contributed by atoms with Crippen LogP contribution in [0.5, 0.6) is 0 Å². The molecule has 0 aromatic carbocycles. The van der Waals surface area contributed by atoms with Crippen molar-refractivity contribution in [1.82, 2.24) is 0 Å². The SMILES string of the molecule is CC1CCCC(C(O)C2(CN)CCC2)C1. The number of aliphatic hydroxyl groups is 1. The summed E-state index contributed by atoms with van der Waals surface area (Å²) < 4.78 is 0. The van der Waals surface area contributed by atoms with E-state index in [0.717, 1.165) is 18.8 Å². The smallest absolute Gasteiger partial charge is 0.0636 e. The zero-order valence-corrected chi connectivity index (χ0v) is 9.91. The average Bonchev–Trinajstić information content (AvgIpc) is 2.17. The van der Waals surface area contributed by atoms with Crippen molar-refractivity contribution >= 4 is 0 Å². The van der Waals surface area contributed by atoms with Crippen LogP contribution < -0.4 is 5.73 Å². The predicted octanol–water partition coefficient (Wildman–Crippen LogP) is 2.30. The van der Waals surface area contributed by atoms with Gasteiger partial charge in [-0.3, -0.25) is 0 Å². The van der Waals surface area contributed by atoms with Crippen molar-refractivity contribution in [2.24, 2.45) is 23.0 Å². The van der Waals surface area contributed by atoms with Crippen LogP contribution in [0.1, 0.15) is 51.9 Å². The Kier molecular flexibility index (Phi) is 3.36. The van der Waals surface area contributed by atoms with E-state index in [0.29, 0.717) is 12.5 Å². The van der Waals surface area contributed by atoms with Gasteiger partial charge in [-0.15, -0.1) is 0 Å². The van der Waals surface area contributed by atoms with Crippen molar-refractivity contribution in [3.05, 3.63) is 0 Å². The third-order valence-electron chi connectivity index (χ3n) is 4.81. The Morgan fingerprint density at radius 3 is 2.53 bits per heavy atom. The average molecular weight is 211 g/mol. The first-order valence-electron chi connectivity index (χ1n) is 6.56. The summed E-state index contributed by atoms with van der Waals surface area (Å²) in [6.45, 7) is 2.99. The highest BCUT2D eigenvalue weighted by Gasteiger charge is 2.45. The van der Waals surface area contributed by atoms with Gasteiger partial charge in [-0.2, -0.15) is 0 Å². The molecule has 2 rings (SSSR count). The first-order valence-corrected chi connectivity index (χ1v) is 6.56. The molecule has 2 fully saturated rings. The van der Waals surface area contributed by atoms with Gasteiger partial charge in [0, 0.05) is 12.0 Å². The van der Waals surface area contributed by atoms with E-state index in [1.54, 1.807) is 0 Å². The van der Waals surface area contributed by atoms with Crippen molar-refractivity contribution in [2.75, 3.05) is 6.54 Å². The van der Waals surface area contributed by atoms with E-state index in [2.05, 4.69) is 6.92 Å². The Morgan fingerprint density at radius 2 is 2.07 bits per heavy atom. The van der Waals surface area contributed by atoms with E-state index in [1.807, 2.05) is 0 Å². The molecule has 2 heteroatoms. The minimum Gasteiger partial charge on any atom is -0.392 e. The number of aliphatic hydroxyl groups excluding tert-OH is 1. The van der Waals surface area contributed by atoms with Crippen LogP contribution in [0.2, 0.25) is 0 Å². The predicted molar refractivity (Wildman–Crippen MR) is 62.5 cm³/mol.